The molecule has 4 aliphatic carbocycles. The molecule has 1 unspecified atom stereocenters. The molecule has 0 spiro atoms. The number of amides is 1. The number of carbonyl (C=O) groups excluding carboxylic acids is 2. The first kappa shape index (κ1) is 25.9. The van der Waals surface area contributed by atoms with E-state index in [2.05, 4.69) is 31.2 Å². The van der Waals surface area contributed by atoms with Crippen LogP contribution in [0.25, 0.3) is 0 Å². The van der Waals surface area contributed by atoms with Gasteiger partial charge in [-0.25, -0.2) is 4.79 Å². The van der Waals surface area contributed by atoms with Crippen LogP contribution in [0.5, 0.6) is 0 Å². The van der Waals surface area contributed by atoms with Crippen molar-refractivity contribution in [3.63, 3.8) is 0 Å². The average Bonchev–Trinajstić information content (AvgIpc) is 3.50. The monoisotopic (exact) mass is 497 g/mol. The molecule has 1 N–H and O–H groups in total. The number of hydrogen-bond donors (Lipinski definition) is 1. The molecular weight excluding hydrogens is 450 g/mol. The molecule has 0 radical (unpaired) electrons. The molecule has 5 rings (SSSR count). The summed E-state index contributed by atoms with van der Waals surface area (Å²) < 4.78 is 0. The third-order valence-electron chi connectivity index (χ3n) is 11.3. The minimum Gasteiger partial charge on any atom is -0.314 e. The van der Waals surface area contributed by atoms with Crippen LogP contribution in [0.3, 0.4) is 0 Å². The molecular formula is C30H47N3O3. The van der Waals surface area contributed by atoms with Gasteiger partial charge in [0, 0.05) is 31.5 Å². The second-order valence-corrected chi connectivity index (χ2v) is 12.9. The molecule has 1 aliphatic heterocycles. The van der Waals surface area contributed by atoms with Crippen LogP contribution in [0.15, 0.2) is 16.8 Å². The van der Waals surface area contributed by atoms with Crippen molar-refractivity contribution >= 4 is 17.6 Å². The second-order valence-electron chi connectivity index (χ2n) is 12.9. The minimum atomic E-state index is -0.315. The largest absolute Gasteiger partial charge is 0.435 e. The van der Waals surface area contributed by atoms with Crippen molar-refractivity contribution in [1.29, 1.82) is 0 Å². The van der Waals surface area contributed by atoms with Gasteiger partial charge in [0.2, 0.25) is 0 Å². The summed E-state index contributed by atoms with van der Waals surface area (Å²) in [6.07, 6.45) is 14.0. The zero-order valence-corrected chi connectivity index (χ0v) is 23.0. The lowest BCUT2D eigenvalue weighted by molar-refractivity contribution is -0.117. The van der Waals surface area contributed by atoms with Crippen LogP contribution in [0, 0.1) is 34.5 Å². The zero-order chi connectivity index (χ0) is 25.5. The summed E-state index contributed by atoms with van der Waals surface area (Å²) in [4.78, 5) is 32.2. The van der Waals surface area contributed by atoms with Crippen LogP contribution in [0.4, 0.5) is 4.79 Å². The number of nitrogens with one attached hydrogen (secondary N) is 1. The Balaban J connectivity index is 1.23. The number of nitrogens with zero attached hydrogens (tertiary/aromatic N) is 2. The first-order valence-corrected chi connectivity index (χ1v) is 14.7. The summed E-state index contributed by atoms with van der Waals surface area (Å²) in [7, 11) is 0. The fourth-order valence-electron chi connectivity index (χ4n) is 9.17. The van der Waals surface area contributed by atoms with Crippen LogP contribution >= 0.6 is 0 Å². The summed E-state index contributed by atoms with van der Waals surface area (Å²) in [6, 6.07) is 0.519. The van der Waals surface area contributed by atoms with Crippen molar-refractivity contribution in [3.05, 3.63) is 11.6 Å². The maximum Gasteiger partial charge on any atom is 0.435 e. The second kappa shape index (κ2) is 10.2. The van der Waals surface area contributed by atoms with E-state index < -0.39 is 0 Å². The lowest BCUT2D eigenvalue weighted by Crippen LogP contribution is -2.51. The molecule has 5 aliphatic rings. The predicted molar refractivity (Wildman–Crippen MR) is 143 cm³/mol. The van der Waals surface area contributed by atoms with Crippen LogP contribution in [-0.2, 0) is 9.63 Å². The van der Waals surface area contributed by atoms with Gasteiger partial charge in [-0.3, -0.25) is 9.63 Å². The van der Waals surface area contributed by atoms with Crippen LogP contribution in [0.1, 0.15) is 98.3 Å². The van der Waals surface area contributed by atoms with Crippen molar-refractivity contribution in [3.8, 4) is 0 Å². The Labute approximate surface area is 217 Å². The Morgan fingerprint density at radius 2 is 1.97 bits per heavy atom. The number of oxime groups is 1. The van der Waals surface area contributed by atoms with E-state index in [1.165, 1.54) is 44.1 Å². The maximum absolute atomic E-state index is 12.8. The maximum atomic E-state index is 12.8. The van der Waals surface area contributed by atoms with Gasteiger partial charge in [-0.1, -0.05) is 24.6 Å². The number of ketones is 1. The number of fused-ring (bicyclic) bond motifs is 5. The normalized spacial score (nSPS) is 40.2. The fourth-order valence-corrected chi connectivity index (χ4v) is 9.17. The number of rotatable bonds is 6. The van der Waals surface area contributed by atoms with Gasteiger partial charge < -0.3 is 10.2 Å². The highest BCUT2D eigenvalue weighted by Gasteiger charge is 2.59. The number of carbonyl (C=O) groups is 2. The van der Waals surface area contributed by atoms with E-state index in [-0.39, 0.29) is 16.9 Å². The molecule has 0 aromatic heterocycles. The molecule has 6 heteroatoms. The summed E-state index contributed by atoms with van der Waals surface area (Å²) in [6.45, 7) is 11.5. The summed E-state index contributed by atoms with van der Waals surface area (Å²) in [5.74, 6) is 2.85. The molecule has 0 aromatic rings. The van der Waals surface area contributed by atoms with Gasteiger partial charge in [0.15, 0.2) is 5.78 Å². The van der Waals surface area contributed by atoms with Gasteiger partial charge in [0.25, 0.3) is 0 Å². The third kappa shape index (κ3) is 4.56. The zero-order valence-electron chi connectivity index (χ0n) is 23.0. The van der Waals surface area contributed by atoms with Crippen LogP contribution in [-0.4, -0.2) is 48.2 Å². The van der Waals surface area contributed by atoms with Crippen LogP contribution in [0.2, 0.25) is 0 Å². The van der Waals surface area contributed by atoms with Gasteiger partial charge in [-0.15, -0.1) is 0 Å². The third-order valence-corrected chi connectivity index (χ3v) is 11.3. The number of hydrogen-bond acceptors (Lipinski definition) is 5. The van der Waals surface area contributed by atoms with E-state index in [1.807, 2.05) is 13.0 Å². The molecule has 3 saturated carbocycles. The molecule has 1 amide bonds. The lowest BCUT2D eigenvalue weighted by atomic mass is 9.46. The van der Waals surface area contributed by atoms with E-state index in [1.54, 1.807) is 4.90 Å². The topological polar surface area (TPSA) is 71.0 Å². The van der Waals surface area contributed by atoms with Gasteiger partial charge in [-0.2, -0.15) is 0 Å². The number of allylic oxidation sites excluding steroid dienone is 1. The highest BCUT2D eigenvalue weighted by molar-refractivity contribution is 5.91. The molecule has 1 saturated heterocycles. The highest BCUT2D eigenvalue weighted by Crippen LogP contribution is 2.66. The quantitative estimate of drug-likeness (QED) is 0.273. The Morgan fingerprint density at radius 1 is 1.14 bits per heavy atom. The Kier molecular flexibility index (Phi) is 7.37. The van der Waals surface area contributed by atoms with Crippen LogP contribution < -0.4 is 5.32 Å². The van der Waals surface area contributed by atoms with E-state index in [4.69, 9.17) is 4.84 Å². The SMILES string of the molecule is CCN(CCC1CCCN1)C(=O)O/N=C(\C)[C@H]1CC[C@H]2[C@@H]3CCC4=CC(=O)CC[C@]4(C)[C@H]3CC[C@]12C. The predicted octanol–water partition coefficient (Wildman–Crippen LogP) is 6.11. The van der Waals surface area contributed by atoms with Gasteiger partial charge in [0.1, 0.15) is 0 Å². The fraction of sp³-hybridized carbons (Fsp3) is 0.833. The molecule has 0 aromatic carbocycles. The van der Waals surface area contributed by atoms with Crippen molar-refractivity contribution in [2.24, 2.45) is 39.7 Å². The molecule has 6 nitrogen and oxygen atoms in total. The van der Waals surface area contributed by atoms with Gasteiger partial charge >= 0.3 is 6.09 Å². The Morgan fingerprint density at radius 3 is 2.72 bits per heavy atom. The average molecular weight is 498 g/mol. The lowest BCUT2D eigenvalue weighted by Gasteiger charge is -2.58. The molecule has 4 fully saturated rings. The summed E-state index contributed by atoms with van der Waals surface area (Å²) in [5, 5.41) is 7.95. The Bertz CT molecular complexity index is 922. The highest BCUT2D eigenvalue weighted by atomic mass is 16.7. The van der Waals surface area contributed by atoms with Gasteiger partial charge in [-0.05, 0) is 119 Å². The van der Waals surface area contributed by atoms with Crippen molar-refractivity contribution in [2.45, 2.75) is 104 Å². The molecule has 200 valence electrons. The summed E-state index contributed by atoms with van der Waals surface area (Å²) in [5.41, 5.74) is 2.87. The molecule has 7 atom stereocenters. The van der Waals surface area contributed by atoms with E-state index >= 15 is 0 Å². The van der Waals surface area contributed by atoms with Gasteiger partial charge in [0.05, 0.1) is 5.71 Å². The van der Waals surface area contributed by atoms with Crippen molar-refractivity contribution < 1.29 is 14.4 Å². The molecule has 0 bridgehead atoms. The standard InChI is InChI=1S/C30H47N3O3/c1-5-33(18-14-22-7-6-17-31-22)28(35)36-32-20(2)25-10-11-26-24-9-8-21-19-23(34)12-15-29(21,3)27(24)13-16-30(25,26)4/h19,22,24-27,31H,5-18H2,1-4H3/b32-20+/t22?,24-,25+,26-,27-,29-,30+/m0/s1. The minimum absolute atomic E-state index is 0.215. The smallest absolute Gasteiger partial charge is 0.314 e. The molecule has 1 heterocycles. The van der Waals surface area contributed by atoms with E-state index in [0.717, 1.165) is 50.3 Å². The summed E-state index contributed by atoms with van der Waals surface area (Å²) >= 11 is 0. The first-order valence-electron chi connectivity index (χ1n) is 14.7. The Hall–Kier alpha value is -1.69. The van der Waals surface area contributed by atoms with Crippen molar-refractivity contribution in [2.75, 3.05) is 19.6 Å². The van der Waals surface area contributed by atoms with Crippen molar-refractivity contribution in [1.82, 2.24) is 10.2 Å². The van der Waals surface area contributed by atoms with E-state index in [0.29, 0.717) is 42.7 Å². The molecule has 36 heavy (non-hydrogen) atoms. The first-order chi connectivity index (χ1) is 17.3. The van der Waals surface area contributed by atoms with E-state index in [9.17, 15) is 9.59 Å².